The highest BCUT2D eigenvalue weighted by Crippen LogP contribution is 2.27. The van der Waals surface area contributed by atoms with Crippen LogP contribution in [0.2, 0.25) is 0 Å². The van der Waals surface area contributed by atoms with Gasteiger partial charge in [0.05, 0.1) is 14.2 Å². The molecular formula is C14H22N2O3. The van der Waals surface area contributed by atoms with Gasteiger partial charge in [-0.3, -0.25) is 4.79 Å². The maximum absolute atomic E-state index is 11.4. The minimum Gasteiger partial charge on any atom is -0.493 e. The molecule has 0 spiro atoms. The van der Waals surface area contributed by atoms with Gasteiger partial charge in [0.15, 0.2) is 11.5 Å². The molecule has 0 heterocycles. The average Bonchev–Trinajstić information content (AvgIpc) is 2.42. The molecule has 106 valence electrons. The molecule has 0 aliphatic carbocycles. The van der Waals surface area contributed by atoms with Gasteiger partial charge in [-0.15, -0.1) is 0 Å². The lowest BCUT2D eigenvalue weighted by Gasteiger charge is -2.12. The fraction of sp³-hybridized carbons (Fsp3) is 0.500. The average molecular weight is 266 g/mol. The summed E-state index contributed by atoms with van der Waals surface area (Å²) in [6.45, 7) is 1.35. The smallest absolute Gasteiger partial charge is 0.223 e. The van der Waals surface area contributed by atoms with Crippen molar-refractivity contribution in [1.82, 2.24) is 10.2 Å². The van der Waals surface area contributed by atoms with Crippen molar-refractivity contribution in [3.63, 3.8) is 0 Å². The lowest BCUT2D eigenvalue weighted by Crippen LogP contribution is -2.26. The summed E-state index contributed by atoms with van der Waals surface area (Å²) < 4.78 is 10.4. The second-order valence-corrected chi connectivity index (χ2v) is 4.40. The van der Waals surface area contributed by atoms with Crippen molar-refractivity contribution >= 4 is 5.91 Å². The number of nitrogens with one attached hydrogen (secondary N) is 1. The van der Waals surface area contributed by atoms with Crippen molar-refractivity contribution in [1.29, 1.82) is 0 Å². The number of carbonyl (C=O) groups is 1. The van der Waals surface area contributed by atoms with Gasteiger partial charge in [-0.2, -0.15) is 0 Å². The topological polar surface area (TPSA) is 50.8 Å². The second kappa shape index (κ2) is 7.63. The van der Waals surface area contributed by atoms with Crippen molar-refractivity contribution in [3.8, 4) is 11.5 Å². The number of amides is 1. The Balaban J connectivity index is 2.43. The molecule has 0 aromatic heterocycles. The zero-order valence-electron chi connectivity index (χ0n) is 12.0. The zero-order chi connectivity index (χ0) is 14.3. The molecule has 0 aliphatic heterocycles. The monoisotopic (exact) mass is 266 g/mol. The van der Waals surface area contributed by atoms with E-state index in [1.54, 1.807) is 33.2 Å². The lowest BCUT2D eigenvalue weighted by atomic mass is 10.2. The predicted octanol–water partition coefficient (Wildman–Crippen LogP) is 1.27. The molecule has 0 atom stereocenters. The van der Waals surface area contributed by atoms with E-state index in [4.69, 9.17) is 9.47 Å². The van der Waals surface area contributed by atoms with Crippen LogP contribution >= 0.6 is 0 Å². The van der Waals surface area contributed by atoms with Crippen molar-refractivity contribution < 1.29 is 14.3 Å². The molecule has 0 saturated carbocycles. The molecule has 1 aromatic carbocycles. The van der Waals surface area contributed by atoms with E-state index >= 15 is 0 Å². The summed E-state index contributed by atoms with van der Waals surface area (Å²) in [6, 6.07) is 5.78. The van der Waals surface area contributed by atoms with Gasteiger partial charge < -0.3 is 19.7 Å². The van der Waals surface area contributed by atoms with Gasteiger partial charge >= 0.3 is 0 Å². The normalized spacial score (nSPS) is 10.1. The summed E-state index contributed by atoms with van der Waals surface area (Å²) in [5.41, 5.74) is 1.09. The van der Waals surface area contributed by atoms with Crippen LogP contribution in [0.4, 0.5) is 0 Å². The van der Waals surface area contributed by atoms with Crippen molar-refractivity contribution in [2.24, 2.45) is 0 Å². The standard InChI is InChI=1S/C14H22N2O3/c1-16(2)14(17)7-8-15-10-11-5-6-12(18-3)13(9-11)19-4/h5-6,9,15H,7-8,10H2,1-4H3. The van der Waals surface area contributed by atoms with Crippen molar-refractivity contribution in [3.05, 3.63) is 23.8 Å². The molecule has 19 heavy (non-hydrogen) atoms. The van der Waals surface area contributed by atoms with Crippen LogP contribution in [-0.4, -0.2) is 45.7 Å². The Morgan fingerprint density at radius 1 is 1.21 bits per heavy atom. The molecule has 5 nitrogen and oxygen atoms in total. The predicted molar refractivity (Wildman–Crippen MR) is 74.6 cm³/mol. The molecule has 0 fully saturated rings. The number of rotatable bonds is 7. The fourth-order valence-corrected chi connectivity index (χ4v) is 1.64. The number of hydrogen-bond donors (Lipinski definition) is 1. The van der Waals surface area contributed by atoms with Crippen LogP contribution in [0.3, 0.4) is 0 Å². The van der Waals surface area contributed by atoms with Gasteiger partial charge in [-0.1, -0.05) is 6.07 Å². The number of nitrogens with zero attached hydrogens (tertiary/aromatic N) is 1. The summed E-state index contributed by atoms with van der Waals surface area (Å²) in [5, 5.41) is 3.23. The second-order valence-electron chi connectivity index (χ2n) is 4.40. The number of carbonyl (C=O) groups excluding carboxylic acids is 1. The van der Waals surface area contributed by atoms with Crippen LogP contribution in [0.25, 0.3) is 0 Å². The molecule has 0 aliphatic rings. The first-order chi connectivity index (χ1) is 9.08. The molecule has 1 amide bonds. The first kappa shape index (κ1) is 15.3. The highest BCUT2D eigenvalue weighted by molar-refractivity contribution is 5.75. The molecule has 0 radical (unpaired) electrons. The third kappa shape index (κ3) is 4.79. The Morgan fingerprint density at radius 3 is 2.47 bits per heavy atom. The lowest BCUT2D eigenvalue weighted by molar-refractivity contribution is -0.128. The third-order valence-corrected chi connectivity index (χ3v) is 2.79. The number of hydrogen-bond acceptors (Lipinski definition) is 4. The molecule has 0 saturated heterocycles. The van der Waals surface area contributed by atoms with Crippen molar-refractivity contribution in [2.45, 2.75) is 13.0 Å². The Hall–Kier alpha value is -1.75. The fourth-order valence-electron chi connectivity index (χ4n) is 1.64. The molecular weight excluding hydrogens is 244 g/mol. The van der Waals surface area contributed by atoms with E-state index in [0.29, 0.717) is 31.0 Å². The van der Waals surface area contributed by atoms with Crippen molar-refractivity contribution in [2.75, 3.05) is 34.9 Å². The summed E-state index contributed by atoms with van der Waals surface area (Å²) in [6.07, 6.45) is 0.500. The highest BCUT2D eigenvalue weighted by atomic mass is 16.5. The van der Waals surface area contributed by atoms with Gasteiger partial charge in [-0.05, 0) is 17.7 Å². The molecule has 1 rings (SSSR count). The summed E-state index contributed by atoms with van der Waals surface area (Å²) in [7, 11) is 6.75. The quantitative estimate of drug-likeness (QED) is 0.755. The van der Waals surface area contributed by atoms with E-state index in [9.17, 15) is 4.79 Å². The van der Waals surface area contributed by atoms with Crippen LogP contribution in [0, 0.1) is 0 Å². The van der Waals surface area contributed by atoms with Crippen LogP contribution < -0.4 is 14.8 Å². The van der Waals surface area contributed by atoms with Gasteiger partial charge in [0, 0.05) is 33.6 Å². The largest absolute Gasteiger partial charge is 0.493 e. The van der Waals surface area contributed by atoms with E-state index in [0.717, 1.165) is 5.56 Å². The summed E-state index contributed by atoms with van der Waals surface area (Å²) in [5.74, 6) is 1.56. The maximum Gasteiger partial charge on any atom is 0.223 e. The highest BCUT2D eigenvalue weighted by Gasteiger charge is 2.05. The summed E-state index contributed by atoms with van der Waals surface area (Å²) >= 11 is 0. The first-order valence-electron chi connectivity index (χ1n) is 6.20. The summed E-state index contributed by atoms with van der Waals surface area (Å²) in [4.78, 5) is 13.0. The number of methoxy groups -OCH3 is 2. The molecule has 5 heteroatoms. The van der Waals surface area contributed by atoms with Crippen LogP contribution in [0.5, 0.6) is 11.5 Å². The van der Waals surface area contributed by atoms with Crippen LogP contribution in [0.15, 0.2) is 18.2 Å². The number of ether oxygens (including phenoxy) is 2. The van der Waals surface area contributed by atoms with Crippen LogP contribution in [-0.2, 0) is 11.3 Å². The zero-order valence-corrected chi connectivity index (χ0v) is 12.0. The van der Waals surface area contributed by atoms with Gasteiger partial charge in [0.2, 0.25) is 5.91 Å². The maximum atomic E-state index is 11.4. The molecule has 1 N–H and O–H groups in total. The van der Waals surface area contributed by atoms with E-state index in [1.165, 1.54) is 0 Å². The minimum atomic E-state index is 0.125. The van der Waals surface area contributed by atoms with E-state index in [2.05, 4.69) is 5.32 Å². The SMILES string of the molecule is COc1ccc(CNCCC(=O)N(C)C)cc1OC. The molecule has 0 bridgehead atoms. The first-order valence-corrected chi connectivity index (χ1v) is 6.20. The minimum absolute atomic E-state index is 0.125. The Bertz CT molecular complexity index is 419. The Morgan fingerprint density at radius 2 is 1.89 bits per heavy atom. The van der Waals surface area contributed by atoms with Gasteiger partial charge in [-0.25, -0.2) is 0 Å². The van der Waals surface area contributed by atoms with E-state index in [-0.39, 0.29) is 5.91 Å². The van der Waals surface area contributed by atoms with Crippen LogP contribution in [0.1, 0.15) is 12.0 Å². The third-order valence-electron chi connectivity index (χ3n) is 2.79. The van der Waals surface area contributed by atoms with E-state index < -0.39 is 0 Å². The van der Waals surface area contributed by atoms with Gasteiger partial charge in [0.1, 0.15) is 0 Å². The Labute approximate surface area is 114 Å². The molecule has 0 unspecified atom stereocenters. The molecule has 1 aromatic rings. The number of benzene rings is 1. The van der Waals surface area contributed by atoms with Gasteiger partial charge in [0.25, 0.3) is 0 Å². The van der Waals surface area contributed by atoms with E-state index in [1.807, 2.05) is 18.2 Å². The Kier molecular flexibility index (Phi) is 6.15.